The maximum absolute atomic E-state index is 11.9. The number of rotatable bonds is 4. The van der Waals surface area contributed by atoms with Crippen molar-refractivity contribution in [3.63, 3.8) is 0 Å². The molecule has 4 unspecified atom stereocenters. The minimum Gasteiger partial charge on any atom is -0.481 e. The zero-order valence-corrected chi connectivity index (χ0v) is 10.3. The van der Waals surface area contributed by atoms with Gasteiger partial charge < -0.3 is 20.5 Å². The largest absolute Gasteiger partial charge is 0.481 e. The van der Waals surface area contributed by atoms with E-state index in [4.69, 9.17) is 9.84 Å². The topological polar surface area (TPSA) is 87.7 Å². The summed E-state index contributed by atoms with van der Waals surface area (Å²) in [5, 5.41) is 14.8. The van der Waals surface area contributed by atoms with Crippen molar-refractivity contribution in [2.45, 2.75) is 31.0 Å². The molecule has 0 saturated carbocycles. The summed E-state index contributed by atoms with van der Waals surface area (Å²) in [6, 6.07) is -0.422. The molecule has 0 bridgehead atoms. The van der Waals surface area contributed by atoms with Crippen molar-refractivity contribution in [1.29, 1.82) is 0 Å². The van der Waals surface area contributed by atoms with Gasteiger partial charge >= 0.3 is 5.97 Å². The van der Waals surface area contributed by atoms with Crippen LogP contribution in [0.2, 0.25) is 0 Å². The lowest BCUT2D eigenvalue weighted by Crippen LogP contribution is -2.44. The monoisotopic (exact) mass is 254 g/mol. The molecule has 1 aliphatic carbocycles. The highest BCUT2D eigenvalue weighted by Crippen LogP contribution is 2.18. The molecule has 1 fully saturated rings. The number of hydrogen-bond donors (Lipinski definition) is 3. The summed E-state index contributed by atoms with van der Waals surface area (Å²) < 4.78 is 5.18. The molecule has 100 valence electrons. The molecule has 0 spiro atoms. The van der Waals surface area contributed by atoms with Crippen LogP contribution in [0, 0.1) is 5.92 Å². The van der Waals surface area contributed by atoms with E-state index < -0.39 is 11.9 Å². The van der Waals surface area contributed by atoms with Gasteiger partial charge in [0.15, 0.2) is 0 Å². The molecule has 6 heteroatoms. The van der Waals surface area contributed by atoms with Gasteiger partial charge in [-0.2, -0.15) is 0 Å². The van der Waals surface area contributed by atoms with E-state index in [0.717, 1.165) is 0 Å². The summed E-state index contributed by atoms with van der Waals surface area (Å²) in [4.78, 5) is 22.7. The fourth-order valence-electron chi connectivity index (χ4n) is 2.36. The third-order valence-electron chi connectivity index (χ3n) is 3.47. The SMILES string of the molecule is COC1CNC(C(=O)NC2C=CC(C(=O)O)C2)C1. The van der Waals surface area contributed by atoms with Crippen molar-refractivity contribution in [3.05, 3.63) is 12.2 Å². The summed E-state index contributed by atoms with van der Waals surface area (Å²) in [5.41, 5.74) is 0. The third-order valence-corrected chi connectivity index (χ3v) is 3.47. The Hall–Kier alpha value is -1.40. The van der Waals surface area contributed by atoms with E-state index in [-0.39, 0.29) is 24.1 Å². The van der Waals surface area contributed by atoms with Crippen molar-refractivity contribution in [3.8, 4) is 0 Å². The second-order valence-electron chi connectivity index (χ2n) is 4.73. The van der Waals surface area contributed by atoms with E-state index in [1.54, 1.807) is 19.3 Å². The Morgan fingerprint density at radius 2 is 2.17 bits per heavy atom. The van der Waals surface area contributed by atoms with E-state index in [1.807, 2.05) is 0 Å². The maximum Gasteiger partial charge on any atom is 0.310 e. The van der Waals surface area contributed by atoms with Gasteiger partial charge in [-0.1, -0.05) is 12.2 Å². The van der Waals surface area contributed by atoms with Crippen LogP contribution in [-0.2, 0) is 14.3 Å². The zero-order chi connectivity index (χ0) is 13.1. The highest BCUT2D eigenvalue weighted by atomic mass is 16.5. The lowest BCUT2D eigenvalue weighted by atomic mass is 10.1. The van der Waals surface area contributed by atoms with Crippen LogP contribution in [0.5, 0.6) is 0 Å². The first-order valence-corrected chi connectivity index (χ1v) is 6.08. The quantitative estimate of drug-likeness (QED) is 0.589. The van der Waals surface area contributed by atoms with Crippen LogP contribution in [0.15, 0.2) is 12.2 Å². The number of carbonyl (C=O) groups is 2. The van der Waals surface area contributed by atoms with Crippen molar-refractivity contribution >= 4 is 11.9 Å². The van der Waals surface area contributed by atoms with Gasteiger partial charge in [-0.05, 0) is 12.8 Å². The molecule has 1 saturated heterocycles. The Bertz CT molecular complexity index is 369. The maximum atomic E-state index is 11.9. The lowest BCUT2D eigenvalue weighted by Gasteiger charge is -2.16. The minimum absolute atomic E-state index is 0.0756. The highest BCUT2D eigenvalue weighted by molar-refractivity contribution is 5.83. The smallest absolute Gasteiger partial charge is 0.310 e. The molecule has 0 radical (unpaired) electrons. The number of nitrogens with one attached hydrogen (secondary N) is 2. The van der Waals surface area contributed by atoms with Crippen LogP contribution in [0.1, 0.15) is 12.8 Å². The van der Waals surface area contributed by atoms with Gasteiger partial charge in [0, 0.05) is 19.7 Å². The Labute approximate surface area is 105 Å². The Morgan fingerprint density at radius 3 is 2.72 bits per heavy atom. The van der Waals surface area contributed by atoms with Crippen LogP contribution >= 0.6 is 0 Å². The normalized spacial score (nSPS) is 34.7. The number of carboxylic acid groups (broad SMARTS) is 1. The highest BCUT2D eigenvalue weighted by Gasteiger charge is 2.32. The standard InChI is InChI=1S/C12H18N2O4/c1-18-9-5-10(13-6-9)11(15)14-8-3-2-7(4-8)12(16)17/h2-3,7-10,13H,4-6H2,1H3,(H,14,15)(H,16,17). The average Bonchev–Trinajstić information content (AvgIpc) is 2.96. The van der Waals surface area contributed by atoms with Crippen LogP contribution in [-0.4, -0.2) is 48.8 Å². The molecule has 6 nitrogen and oxygen atoms in total. The molecule has 0 aromatic carbocycles. The van der Waals surface area contributed by atoms with Gasteiger partial charge in [-0.3, -0.25) is 9.59 Å². The van der Waals surface area contributed by atoms with Crippen molar-refractivity contribution in [2.75, 3.05) is 13.7 Å². The molecule has 0 aromatic rings. The summed E-state index contributed by atoms with van der Waals surface area (Å²) in [6.07, 6.45) is 4.54. The number of carbonyl (C=O) groups excluding carboxylic acids is 1. The Kier molecular flexibility index (Phi) is 3.98. The first-order chi connectivity index (χ1) is 8.60. The molecule has 1 aliphatic heterocycles. The summed E-state index contributed by atoms with van der Waals surface area (Å²) >= 11 is 0. The Morgan fingerprint density at radius 1 is 1.39 bits per heavy atom. The van der Waals surface area contributed by atoms with E-state index >= 15 is 0 Å². The van der Waals surface area contributed by atoms with E-state index in [9.17, 15) is 9.59 Å². The molecule has 18 heavy (non-hydrogen) atoms. The number of methoxy groups -OCH3 is 1. The van der Waals surface area contributed by atoms with Crippen molar-refractivity contribution < 1.29 is 19.4 Å². The molecule has 3 N–H and O–H groups in total. The van der Waals surface area contributed by atoms with Gasteiger partial charge in [0.1, 0.15) is 0 Å². The van der Waals surface area contributed by atoms with Gasteiger partial charge in [0.2, 0.25) is 5.91 Å². The minimum atomic E-state index is -0.846. The van der Waals surface area contributed by atoms with E-state index in [2.05, 4.69) is 10.6 Å². The van der Waals surface area contributed by atoms with Crippen LogP contribution in [0.4, 0.5) is 0 Å². The third kappa shape index (κ3) is 2.88. The Balaban J connectivity index is 1.79. The van der Waals surface area contributed by atoms with Crippen molar-refractivity contribution in [2.24, 2.45) is 5.92 Å². The molecule has 1 amide bonds. The van der Waals surface area contributed by atoms with Gasteiger partial charge in [-0.25, -0.2) is 0 Å². The van der Waals surface area contributed by atoms with E-state index in [0.29, 0.717) is 19.4 Å². The number of ether oxygens (including phenoxy) is 1. The van der Waals surface area contributed by atoms with Crippen LogP contribution in [0.3, 0.4) is 0 Å². The molecular weight excluding hydrogens is 236 g/mol. The van der Waals surface area contributed by atoms with Gasteiger partial charge in [-0.15, -0.1) is 0 Å². The molecule has 2 rings (SSSR count). The summed E-state index contributed by atoms with van der Waals surface area (Å²) in [5.74, 6) is -1.42. The fraction of sp³-hybridized carbons (Fsp3) is 0.667. The number of carboxylic acids is 1. The second-order valence-corrected chi connectivity index (χ2v) is 4.73. The molecular formula is C12H18N2O4. The first-order valence-electron chi connectivity index (χ1n) is 6.08. The first kappa shape index (κ1) is 13.0. The summed E-state index contributed by atoms with van der Waals surface area (Å²) in [7, 11) is 1.63. The van der Waals surface area contributed by atoms with Gasteiger partial charge in [0.05, 0.1) is 18.1 Å². The van der Waals surface area contributed by atoms with E-state index in [1.165, 1.54) is 0 Å². The number of amides is 1. The second kappa shape index (κ2) is 5.49. The van der Waals surface area contributed by atoms with Crippen molar-refractivity contribution in [1.82, 2.24) is 10.6 Å². The fourth-order valence-corrected chi connectivity index (χ4v) is 2.36. The molecule has 4 atom stereocenters. The van der Waals surface area contributed by atoms with Gasteiger partial charge in [0.25, 0.3) is 0 Å². The summed E-state index contributed by atoms with van der Waals surface area (Å²) in [6.45, 7) is 0.673. The zero-order valence-electron chi connectivity index (χ0n) is 10.3. The van der Waals surface area contributed by atoms with Crippen LogP contribution in [0.25, 0.3) is 0 Å². The predicted octanol–water partition coefficient (Wildman–Crippen LogP) is -0.491. The average molecular weight is 254 g/mol. The number of aliphatic carboxylic acids is 1. The number of hydrogen-bond acceptors (Lipinski definition) is 4. The molecule has 2 aliphatic rings. The molecule has 1 heterocycles. The van der Waals surface area contributed by atoms with Crippen LogP contribution < -0.4 is 10.6 Å². The predicted molar refractivity (Wildman–Crippen MR) is 64.0 cm³/mol. The lowest BCUT2D eigenvalue weighted by molar-refractivity contribution is -0.140. The molecule has 0 aromatic heterocycles.